The number of hydrogen-bond acceptors (Lipinski definition) is 5. The van der Waals surface area contributed by atoms with Crippen molar-refractivity contribution in [2.45, 2.75) is 68.5 Å². The highest BCUT2D eigenvalue weighted by molar-refractivity contribution is 7.89. The van der Waals surface area contributed by atoms with Gasteiger partial charge in [-0.3, -0.25) is 4.79 Å². The summed E-state index contributed by atoms with van der Waals surface area (Å²) in [6.07, 6.45) is 4.49. The molecule has 2 fully saturated rings. The fourth-order valence-corrected chi connectivity index (χ4v) is 6.51. The first-order chi connectivity index (χ1) is 17.3. The van der Waals surface area contributed by atoms with Crippen LogP contribution in [0.4, 0.5) is 4.39 Å². The Morgan fingerprint density at radius 3 is 2.53 bits per heavy atom. The molecular weight excluding hydrogens is 481 g/mol. The van der Waals surface area contributed by atoms with Gasteiger partial charge in [-0.1, -0.05) is 12.1 Å². The van der Waals surface area contributed by atoms with Crippen LogP contribution in [-0.4, -0.2) is 36.9 Å². The number of carbonyl (C=O) groups is 1. The number of halogens is 1. The van der Waals surface area contributed by atoms with Crippen LogP contribution in [0.25, 0.3) is 11.0 Å². The van der Waals surface area contributed by atoms with Crippen molar-refractivity contribution in [1.82, 2.24) is 25.3 Å². The van der Waals surface area contributed by atoms with E-state index in [4.69, 9.17) is 0 Å². The topological polar surface area (TPSA) is 116 Å². The number of aromatic amines is 1. The van der Waals surface area contributed by atoms with Crippen molar-refractivity contribution in [2.24, 2.45) is 5.92 Å². The Morgan fingerprint density at radius 1 is 1.08 bits per heavy atom. The van der Waals surface area contributed by atoms with Crippen molar-refractivity contribution in [3.8, 4) is 0 Å². The number of nitrogens with zero attached hydrogens (tertiary/aromatic N) is 1. The van der Waals surface area contributed by atoms with Gasteiger partial charge in [0.15, 0.2) is 0 Å². The fraction of sp³-hybridized carbons (Fsp3) is 0.462. The summed E-state index contributed by atoms with van der Waals surface area (Å²) >= 11 is 0. The summed E-state index contributed by atoms with van der Waals surface area (Å²) in [5, 5.41) is 6.40. The van der Waals surface area contributed by atoms with Crippen LogP contribution in [0.1, 0.15) is 68.9 Å². The van der Waals surface area contributed by atoms with Crippen LogP contribution in [0.3, 0.4) is 0 Å². The molecule has 1 saturated carbocycles. The molecule has 10 heteroatoms. The van der Waals surface area contributed by atoms with E-state index in [2.05, 4.69) is 25.3 Å². The first-order valence-electron chi connectivity index (χ1n) is 12.6. The number of carbonyl (C=O) groups excluding carboxylic acids is 1. The van der Waals surface area contributed by atoms with Gasteiger partial charge in [0, 0.05) is 12.0 Å². The van der Waals surface area contributed by atoms with Crippen molar-refractivity contribution in [3.63, 3.8) is 0 Å². The molecule has 8 nitrogen and oxygen atoms in total. The monoisotopic (exact) mass is 513 g/mol. The highest BCUT2D eigenvalue weighted by Crippen LogP contribution is 2.28. The van der Waals surface area contributed by atoms with Crippen LogP contribution in [0.2, 0.25) is 0 Å². The number of hydrogen-bond donors (Lipinski definition) is 4. The van der Waals surface area contributed by atoms with Crippen molar-refractivity contribution in [1.29, 1.82) is 0 Å². The number of imidazole rings is 1. The van der Waals surface area contributed by atoms with Gasteiger partial charge >= 0.3 is 0 Å². The van der Waals surface area contributed by atoms with Crippen molar-refractivity contribution < 1.29 is 17.6 Å². The second-order valence-electron chi connectivity index (χ2n) is 9.90. The van der Waals surface area contributed by atoms with E-state index >= 15 is 0 Å². The Hall–Kier alpha value is -2.82. The van der Waals surface area contributed by atoms with E-state index in [1.54, 1.807) is 30.3 Å². The second-order valence-corrected chi connectivity index (χ2v) is 11.6. The first-order valence-corrected chi connectivity index (χ1v) is 14.1. The highest BCUT2D eigenvalue weighted by Gasteiger charge is 2.30. The molecule has 2 heterocycles. The maximum atomic E-state index is 13.2. The summed E-state index contributed by atoms with van der Waals surface area (Å²) in [6, 6.07) is 10.8. The number of sulfonamides is 1. The van der Waals surface area contributed by atoms with E-state index in [1.807, 2.05) is 6.92 Å². The van der Waals surface area contributed by atoms with Crippen molar-refractivity contribution in [2.75, 3.05) is 6.54 Å². The van der Waals surface area contributed by atoms with E-state index in [0.29, 0.717) is 31.2 Å². The van der Waals surface area contributed by atoms with Gasteiger partial charge < -0.3 is 15.6 Å². The van der Waals surface area contributed by atoms with Crippen LogP contribution in [-0.2, 0) is 14.8 Å². The SMILES string of the molecule is C[C@@H](NC(=O)C1CCC(NS(=O)(=O)c2ccc3[nH]c([C@@H]4CCCN4)nc3c2)CC1)c1ccc(F)cc1. The molecule has 1 aliphatic carbocycles. The minimum atomic E-state index is -3.71. The average molecular weight is 514 g/mol. The zero-order chi connectivity index (χ0) is 25.3. The van der Waals surface area contributed by atoms with E-state index in [1.165, 1.54) is 12.1 Å². The standard InChI is InChI=1S/C26H32FN5O3S/c1-16(17-4-8-19(27)9-5-17)29-26(33)18-6-10-20(11-7-18)32-36(34,35)21-12-13-22-24(15-21)31-25(30-22)23-3-2-14-28-23/h4-5,8-9,12-13,15-16,18,20,23,28,32H,2-3,6-7,10-11,14H2,1H3,(H,29,33)(H,30,31)/t16-,18?,20?,23+/m1/s1. The van der Waals surface area contributed by atoms with Gasteiger partial charge in [-0.25, -0.2) is 22.5 Å². The van der Waals surface area contributed by atoms with E-state index < -0.39 is 10.0 Å². The summed E-state index contributed by atoms with van der Waals surface area (Å²) in [5.74, 6) is 0.310. The molecule has 192 valence electrons. The summed E-state index contributed by atoms with van der Waals surface area (Å²) in [5.41, 5.74) is 2.29. The predicted octanol–water partition coefficient (Wildman–Crippen LogP) is 3.84. The Bertz CT molecular complexity index is 1330. The number of amides is 1. The lowest BCUT2D eigenvalue weighted by molar-refractivity contribution is -0.126. The summed E-state index contributed by atoms with van der Waals surface area (Å²) in [7, 11) is -3.71. The third-order valence-electron chi connectivity index (χ3n) is 7.32. The third kappa shape index (κ3) is 5.45. The minimum Gasteiger partial charge on any atom is -0.349 e. The zero-order valence-electron chi connectivity index (χ0n) is 20.3. The molecule has 1 aliphatic heterocycles. The lowest BCUT2D eigenvalue weighted by atomic mass is 9.85. The fourth-order valence-electron chi connectivity index (χ4n) is 5.18. The predicted molar refractivity (Wildman–Crippen MR) is 135 cm³/mol. The summed E-state index contributed by atoms with van der Waals surface area (Å²) in [4.78, 5) is 20.9. The number of H-pyrrole nitrogens is 1. The molecule has 0 unspecified atom stereocenters. The van der Waals surface area contributed by atoms with Gasteiger partial charge in [0.2, 0.25) is 15.9 Å². The molecule has 36 heavy (non-hydrogen) atoms. The molecule has 3 aromatic rings. The maximum Gasteiger partial charge on any atom is 0.240 e. The van der Waals surface area contributed by atoms with E-state index in [9.17, 15) is 17.6 Å². The van der Waals surface area contributed by atoms with Crippen molar-refractivity contribution >= 4 is 27.0 Å². The number of fused-ring (bicyclic) bond motifs is 1. The Labute approximate surface area is 210 Å². The van der Waals surface area contributed by atoms with Gasteiger partial charge in [0.25, 0.3) is 0 Å². The molecule has 1 aromatic heterocycles. The maximum absolute atomic E-state index is 13.2. The number of aromatic nitrogens is 2. The van der Waals surface area contributed by atoms with Crippen molar-refractivity contribution in [3.05, 3.63) is 59.7 Å². The normalized spacial score (nSPS) is 23.6. The quantitative estimate of drug-likeness (QED) is 0.383. The Morgan fingerprint density at radius 2 is 1.83 bits per heavy atom. The van der Waals surface area contributed by atoms with Crippen LogP contribution in [0, 0.1) is 11.7 Å². The van der Waals surface area contributed by atoms with Crippen LogP contribution in [0.15, 0.2) is 47.4 Å². The number of nitrogens with one attached hydrogen (secondary N) is 4. The number of rotatable bonds is 7. The second kappa shape index (κ2) is 10.3. The molecule has 0 radical (unpaired) electrons. The minimum absolute atomic E-state index is 0.0512. The summed E-state index contributed by atoms with van der Waals surface area (Å²) in [6.45, 7) is 2.83. The lowest BCUT2D eigenvalue weighted by Crippen LogP contribution is -2.41. The van der Waals surface area contributed by atoms with Crippen LogP contribution in [0.5, 0.6) is 0 Å². The largest absolute Gasteiger partial charge is 0.349 e. The van der Waals surface area contributed by atoms with Gasteiger partial charge in [-0.15, -0.1) is 0 Å². The van der Waals surface area contributed by atoms with Crippen LogP contribution < -0.4 is 15.4 Å². The Kier molecular flexibility index (Phi) is 7.09. The molecule has 2 aliphatic rings. The molecule has 2 aromatic carbocycles. The first kappa shape index (κ1) is 24.9. The van der Waals surface area contributed by atoms with Gasteiger partial charge in [0.1, 0.15) is 11.6 Å². The van der Waals surface area contributed by atoms with E-state index in [0.717, 1.165) is 36.3 Å². The lowest BCUT2D eigenvalue weighted by Gasteiger charge is -2.29. The molecule has 0 spiro atoms. The highest BCUT2D eigenvalue weighted by atomic mass is 32.2. The number of benzene rings is 2. The van der Waals surface area contributed by atoms with Crippen LogP contribution >= 0.6 is 0 Å². The molecule has 2 atom stereocenters. The van der Waals surface area contributed by atoms with Gasteiger partial charge in [-0.05, 0) is 87.9 Å². The molecule has 5 rings (SSSR count). The molecule has 4 N–H and O–H groups in total. The summed E-state index contributed by atoms with van der Waals surface area (Å²) < 4.78 is 42.1. The van der Waals surface area contributed by atoms with Gasteiger partial charge in [0.05, 0.1) is 28.0 Å². The van der Waals surface area contributed by atoms with E-state index in [-0.39, 0.29) is 40.7 Å². The van der Waals surface area contributed by atoms with Gasteiger partial charge in [-0.2, -0.15) is 0 Å². The molecule has 1 amide bonds. The smallest absolute Gasteiger partial charge is 0.240 e. The average Bonchev–Trinajstić information content (AvgIpc) is 3.54. The molecule has 0 bridgehead atoms. The Balaban J connectivity index is 1.17. The zero-order valence-corrected chi connectivity index (χ0v) is 21.1. The third-order valence-corrected chi connectivity index (χ3v) is 8.84. The molecular formula is C26H32FN5O3S. The molecule has 1 saturated heterocycles.